The molecule has 3 aromatic rings. The zero-order chi connectivity index (χ0) is 24.4. The molecular weight excluding hydrogens is 442 g/mol. The van der Waals surface area contributed by atoms with E-state index in [-0.39, 0.29) is 23.0 Å². The van der Waals surface area contributed by atoms with Crippen LogP contribution in [-0.4, -0.2) is 41.4 Å². The van der Waals surface area contributed by atoms with E-state index >= 15 is 0 Å². The first-order chi connectivity index (χ1) is 16.3. The minimum absolute atomic E-state index is 0.0202. The Morgan fingerprint density at radius 2 is 2.00 bits per heavy atom. The molecule has 3 N–H and O–H groups in total. The average molecular weight is 466 g/mol. The number of rotatable bonds is 6. The first-order valence-corrected chi connectivity index (χ1v) is 10.8. The zero-order valence-corrected chi connectivity index (χ0v) is 18.8. The van der Waals surface area contributed by atoms with Crippen LogP contribution in [-0.2, 0) is 4.79 Å². The number of carbonyl (C=O) groups excluding carboxylic acids is 2. The maximum Gasteiger partial charge on any atom is 0.252 e. The lowest BCUT2D eigenvalue weighted by molar-refractivity contribution is -0.128. The summed E-state index contributed by atoms with van der Waals surface area (Å²) in [6, 6.07) is 8.26. The monoisotopic (exact) mass is 466 g/mol. The van der Waals surface area contributed by atoms with Crippen LogP contribution in [0.1, 0.15) is 36.2 Å². The van der Waals surface area contributed by atoms with Gasteiger partial charge >= 0.3 is 0 Å². The highest BCUT2D eigenvalue weighted by Gasteiger charge is 2.20. The van der Waals surface area contributed by atoms with E-state index < -0.39 is 17.5 Å². The number of anilines is 2. The topological polar surface area (TPSA) is 97.6 Å². The lowest BCUT2D eigenvalue weighted by Crippen LogP contribution is -2.32. The molecule has 34 heavy (non-hydrogen) atoms. The molecule has 0 bridgehead atoms. The van der Waals surface area contributed by atoms with Gasteiger partial charge in [-0.2, -0.15) is 0 Å². The smallest absolute Gasteiger partial charge is 0.252 e. The number of carbonyl (C=O) groups is 2. The summed E-state index contributed by atoms with van der Waals surface area (Å²) in [5, 5.41) is 3.39. The molecular formula is C25H24F2N4O3. The van der Waals surface area contributed by atoms with Gasteiger partial charge in [0.05, 0.1) is 23.4 Å². The molecule has 0 atom stereocenters. The first-order valence-electron chi connectivity index (χ1n) is 10.8. The van der Waals surface area contributed by atoms with Crippen LogP contribution in [0.4, 0.5) is 20.3 Å². The Hall–Kier alpha value is -4.01. The highest BCUT2D eigenvalue weighted by atomic mass is 19.1. The maximum absolute atomic E-state index is 14.2. The summed E-state index contributed by atoms with van der Waals surface area (Å²) < 4.78 is 33.3. The number of primary amides is 1. The Labute approximate surface area is 195 Å². The predicted octanol–water partition coefficient (Wildman–Crippen LogP) is 4.39. The first kappa shape index (κ1) is 23.2. The molecule has 1 aliphatic rings. The second kappa shape index (κ2) is 9.46. The van der Waals surface area contributed by atoms with E-state index in [0.29, 0.717) is 42.8 Å². The van der Waals surface area contributed by atoms with Crippen LogP contribution in [0.3, 0.4) is 0 Å². The third-order valence-corrected chi connectivity index (χ3v) is 5.67. The van der Waals surface area contributed by atoms with Crippen LogP contribution < -0.4 is 15.8 Å². The molecule has 4 rings (SSSR count). The molecule has 7 nitrogen and oxygen atoms in total. The molecule has 0 saturated carbocycles. The molecule has 9 heteroatoms. The molecule has 0 radical (unpaired) electrons. The number of pyridine rings is 1. The minimum atomic E-state index is -0.827. The van der Waals surface area contributed by atoms with Crippen molar-refractivity contribution in [3.05, 3.63) is 65.2 Å². The fourth-order valence-electron chi connectivity index (χ4n) is 3.93. The summed E-state index contributed by atoms with van der Waals surface area (Å²) in [6.07, 6.45) is 2.65. The number of aromatic nitrogens is 1. The molecule has 176 valence electrons. The normalized spacial score (nSPS) is 13.5. The predicted molar refractivity (Wildman–Crippen MR) is 126 cm³/mol. The molecule has 0 spiro atoms. The second-order valence-corrected chi connectivity index (χ2v) is 7.92. The van der Waals surface area contributed by atoms with Gasteiger partial charge < -0.3 is 20.7 Å². The molecule has 0 saturated heterocycles. The van der Waals surface area contributed by atoms with E-state index in [2.05, 4.69) is 10.3 Å². The van der Waals surface area contributed by atoms with Crippen LogP contribution >= 0.6 is 0 Å². The van der Waals surface area contributed by atoms with Gasteiger partial charge in [0.2, 0.25) is 5.91 Å². The Morgan fingerprint density at radius 3 is 2.62 bits per heavy atom. The summed E-state index contributed by atoms with van der Waals surface area (Å²) >= 11 is 0. The summed E-state index contributed by atoms with van der Waals surface area (Å²) in [5.74, 6) is -1.62. The van der Waals surface area contributed by atoms with E-state index in [1.165, 1.54) is 6.07 Å². The third kappa shape index (κ3) is 4.68. The number of ether oxygens (including phenoxy) is 1. The van der Waals surface area contributed by atoms with E-state index in [1.54, 1.807) is 24.0 Å². The molecule has 2 aromatic carbocycles. The second-order valence-electron chi connectivity index (χ2n) is 7.92. The SMILES string of the molecule is CCOc1cc2nc(Nc3ccc(F)cc3F)c(C(N)=O)cc2cc1C1=CCN(C(C)=O)CC1. The Kier molecular flexibility index (Phi) is 6.45. The van der Waals surface area contributed by atoms with Crippen LogP contribution in [0.25, 0.3) is 16.5 Å². The number of nitrogens with two attached hydrogens (primary N) is 1. The van der Waals surface area contributed by atoms with Gasteiger partial charge in [-0.05, 0) is 43.2 Å². The Bertz CT molecular complexity index is 1320. The van der Waals surface area contributed by atoms with Crippen molar-refractivity contribution in [3.63, 3.8) is 0 Å². The largest absolute Gasteiger partial charge is 0.493 e. The summed E-state index contributed by atoms with van der Waals surface area (Å²) in [7, 11) is 0. The van der Waals surface area contributed by atoms with E-state index in [9.17, 15) is 18.4 Å². The van der Waals surface area contributed by atoms with Gasteiger partial charge in [0.1, 0.15) is 23.2 Å². The standard InChI is InChI=1S/C25H24F2N4O3/c1-3-34-23-13-22-16(10-18(23)15-6-8-31(9-7-15)14(2)32)11-19(24(28)33)25(30-22)29-21-5-4-17(26)12-20(21)27/h4-6,10-13H,3,7-9H2,1-2H3,(H2,28,33)(H,29,30). The van der Waals surface area contributed by atoms with Crippen molar-refractivity contribution in [1.82, 2.24) is 9.88 Å². The van der Waals surface area contributed by atoms with E-state index in [4.69, 9.17) is 10.5 Å². The van der Waals surface area contributed by atoms with Crippen molar-refractivity contribution >= 4 is 39.8 Å². The van der Waals surface area contributed by atoms with Gasteiger partial charge in [-0.25, -0.2) is 13.8 Å². The minimum Gasteiger partial charge on any atom is -0.493 e. The molecule has 2 heterocycles. The zero-order valence-electron chi connectivity index (χ0n) is 18.8. The number of nitrogens with one attached hydrogen (secondary N) is 1. The Balaban J connectivity index is 1.80. The van der Waals surface area contributed by atoms with Crippen LogP contribution in [0.5, 0.6) is 5.75 Å². The van der Waals surface area contributed by atoms with E-state index in [1.807, 2.05) is 19.1 Å². The van der Waals surface area contributed by atoms with Gasteiger partial charge in [0.25, 0.3) is 5.91 Å². The van der Waals surface area contributed by atoms with Crippen molar-refractivity contribution in [3.8, 4) is 5.75 Å². The molecule has 0 fully saturated rings. The molecule has 0 unspecified atom stereocenters. The van der Waals surface area contributed by atoms with Crippen molar-refractivity contribution in [2.24, 2.45) is 5.73 Å². The summed E-state index contributed by atoms with van der Waals surface area (Å²) in [5.41, 5.74) is 7.98. The van der Waals surface area contributed by atoms with Crippen molar-refractivity contribution in [1.29, 1.82) is 0 Å². The summed E-state index contributed by atoms with van der Waals surface area (Å²) in [6.45, 7) is 4.94. The lowest BCUT2D eigenvalue weighted by Gasteiger charge is -2.26. The van der Waals surface area contributed by atoms with Gasteiger partial charge in [-0.15, -0.1) is 0 Å². The highest BCUT2D eigenvalue weighted by Crippen LogP contribution is 2.35. The van der Waals surface area contributed by atoms with Crippen molar-refractivity contribution in [2.45, 2.75) is 20.3 Å². The molecule has 1 aliphatic heterocycles. The number of nitrogens with zero attached hydrogens (tertiary/aromatic N) is 2. The quantitative estimate of drug-likeness (QED) is 0.562. The maximum atomic E-state index is 14.2. The van der Waals surface area contributed by atoms with Gasteiger partial charge in [-0.1, -0.05) is 6.08 Å². The van der Waals surface area contributed by atoms with Gasteiger partial charge in [0, 0.05) is 43.1 Å². The van der Waals surface area contributed by atoms with Crippen molar-refractivity contribution < 1.29 is 23.1 Å². The third-order valence-electron chi connectivity index (χ3n) is 5.67. The number of hydrogen-bond donors (Lipinski definition) is 2. The fourth-order valence-corrected chi connectivity index (χ4v) is 3.93. The van der Waals surface area contributed by atoms with Crippen LogP contribution in [0.2, 0.25) is 0 Å². The molecule has 1 aromatic heterocycles. The average Bonchev–Trinajstić information content (AvgIpc) is 2.80. The van der Waals surface area contributed by atoms with E-state index in [0.717, 1.165) is 23.3 Å². The number of amides is 2. The summed E-state index contributed by atoms with van der Waals surface area (Å²) in [4.78, 5) is 30.1. The van der Waals surface area contributed by atoms with Gasteiger partial charge in [-0.3, -0.25) is 9.59 Å². The number of halogens is 2. The number of benzene rings is 2. The lowest BCUT2D eigenvalue weighted by atomic mass is 9.96. The highest BCUT2D eigenvalue weighted by molar-refractivity contribution is 6.02. The number of fused-ring (bicyclic) bond motifs is 1. The van der Waals surface area contributed by atoms with Crippen LogP contribution in [0.15, 0.2) is 42.5 Å². The van der Waals surface area contributed by atoms with Crippen LogP contribution in [0, 0.1) is 11.6 Å². The molecule has 2 amide bonds. The fraction of sp³-hybridized carbons (Fsp3) is 0.240. The van der Waals surface area contributed by atoms with Gasteiger partial charge in [0.15, 0.2) is 0 Å². The van der Waals surface area contributed by atoms with Crippen molar-refractivity contribution in [2.75, 3.05) is 25.0 Å². The Morgan fingerprint density at radius 1 is 1.21 bits per heavy atom. The number of hydrogen-bond acceptors (Lipinski definition) is 5. The molecule has 0 aliphatic carbocycles.